The van der Waals surface area contributed by atoms with E-state index in [0.717, 1.165) is 6.42 Å². The molecule has 0 fully saturated rings. The van der Waals surface area contributed by atoms with Crippen LogP contribution in [0.15, 0.2) is 18.2 Å². The maximum Gasteiger partial charge on any atom is 0.220 e. The molecule has 0 radical (unpaired) electrons. The maximum absolute atomic E-state index is 13.7. The normalized spacial score (nSPS) is 12.2. The van der Waals surface area contributed by atoms with E-state index in [-0.39, 0.29) is 22.0 Å². The fourth-order valence-corrected chi connectivity index (χ4v) is 1.83. The molecule has 0 aliphatic carbocycles. The Hall–Kier alpha value is -0.930. The molecule has 1 aromatic rings. The van der Waals surface area contributed by atoms with Crippen LogP contribution in [0, 0.1) is 0 Å². The molecule has 1 aromatic carbocycles. The maximum atomic E-state index is 13.7. The first-order valence-corrected chi connectivity index (χ1v) is 6.39. The number of alkyl halides is 1. The Labute approximate surface area is 115 Å². The summed E-state index contributed by atoms with van der Waals surface area (Å²) in [4.78, 5) is 23.2. The second-order valence-corrected chi connectivity index (χ2v) is 4.76. The van der Waals surface area contributed by atoms with Crippen LogP contribution in [0.2, 0.25) is 10.0 Å². The largest absolute Gasteiger partial charge is 0.296 e. The third kappa shape index (κ3) is 3.79. The van der Waals surface area contributed by atoms with Crippen LogP contribution in [0.5, 0.6) is 0 Å². The molecule has 0 heterocycles. The van der Waals surface area contributed by atoms with Crippen molar-refractivity contribution in [1.82, 2.24) is 0 Å². The van der Waals surface area contributed by atoms with Crippen molar-refractivity contribution in [2.24, 2.45) is 0 Å². The molecule has 0 spiro atoms. The van der Waals surface area contributed by atoms with E-state index in [1.807, 2.05) is 6.92 Å². The van der Waals surface area contributed by atoms with Gasteiger partial charge in [-0.15, -0.1) is 0 Å². The van der Waals surface area contributed by atoms with E-state index in [1.54, 1.807) is 0 Å². The highest BCUT2D eigenvalue weighted by molar-refractivity contribution is 6.36. The molecule has 0 amide bonds. The zero-order chi connectivity index (χ0) is 13.7. The van der Waals surface area contributed by atoms with Crippen LogP contribution in [-0.2, 0) is 4.79 Å². The number of hydrogen-bond acceptors (Lipinski definition) is 2. The van der Waals surface area contributed by atoms with Gasteiger partial charge in [-0.1, -0.05) is 36.5 Å². The number of ketones is 2. The van der Waals surface area contributed by atoms with Crippen LogP contribution in [0.1, 0.15) is 36.5 Å². The highest BCUT2D eigenvalue weighted by atomic mass is 35.5. The summed E-state index contributed by atoms with van der Waals surface area (Å²) in [5, 5.41) is 0.367. The average Bonchev–Trinajstić information content (AvgIpc) is 2.37. The number of hydrogen-bond donors (Lipinski definition) is 0. The molecule has 0 saturated heterocycles. The van der Waals surface area contributed by atoms with E-state index in [0.29, 0.717) is 6.42 Å². The van der Waals surface area contributed by atoms with Gasteiger partial charge < -0.3 is 0 Å². The molecular weight excluding hydrogens is 278 g/mol. The van der Waals surface area contributed by atoms with Gasteiger partial charge in [-0.2, -0.15) is 0 Å². The lowest BCUT2D eigenvalue weighted by atomic mass is 10.0. The van der Waals surface area contributed by atoms with Gasteiger partial charge in [0.25, 0.3) is 0 Å². The third-order valence-electron chi connectivity index (χ3n) is 2.48. The Morgan fingerprint density at radius 3 is 2.61 bits per heavy atom. The molecule has 1 atom stereocenters. The van der Waals surface area contributed by atoms with E-state index in [9.17, 15) is 14.0 Å². The third-order valence-corrected chi connectivity index (χ3v) is 3.05. The molecule has 0 aromatic heterocycles. The minimum Gasteiger partial charge on any atom is -0.296 e. The van der Waals surface area contributed by atoms with E-state index < -0.39 is 17.7 Å². The Bertz CT molecular complexity index is 460. The fraction of sp³-hybridized carbons (Fsp3) is 0.385. The number of carbonyl (C=O) groups excluding carboxylic acids is 2. The first-order valence-electron chi connectivity index (χ1n) is 5.63. The first-order chi connectivity index (χ1) is 8.47. The molecule has 18 heavy (non-hydrogen) atoms. The number of unbranched alkanes of at least 4 members (excludes halogenated alkanes) is 1. The zero-order valence-electron chi connectivity index (χ0n) is 9.88. The highest BCUT2D eigenvalue weighted by Gasteiger charge is 2.27. The lowest BCUT2D eigenvalue weighted by Crippen LogP contribution is -2.26. The summed E-state index contributed by atoms with van der Waals surface area (Å²) in [5.41, 5.74) is -0.0542. The van der Waals surface area contributed by atoms with Gasteiger partial charge in [0.1, 0.15) is 0 Å². The van der Waals surface area contributed by atoms with Crippen molar-refractivity contribution < 1.29 is 14.0 Å². The van der Waals surface area contributed by atoms with Crippen LogP contribution in [0.3, 0.4) is 0 Å². The Morgan fingerprint density at radius 1 is 1.33 bits per heavy atom. The van der Waals surface area contributed by atoms with Gasteiger partial charge in [-0.3, -0.25) is 9.59 Å². The first kappa shape index (κ1) is 15.1. The number of benzene rings is 1. The molecule has 0 bridgehead atoms. The SMILES string of the molecule is CCCCC(=O)C(F)C(=O)c1cc(Cl)ccc1Cl. The van der Waals surface area contributed by atoms with Crippen molar-refractivity contribution in [2.45, 2.75) is 32.4 Å². The van der Waals surface area contributed by atoms with E-state index in [4.69, 9.17) is 23.2 Å². The number of halogens is 3. The molecule has 0 aliphatic heterocycles. The zero-order valence-corrected chi connectivity index (χ0v) is 11.4. The second kappa shape index (κ2) is 6.86. The van der Waals surface area contributed by atoms with Crippen molar-refractivity contribution in [3.8, 4) is 0 Å². The summed E-state index contributed by atoms with van der Waals surface area (Å²) in [5.74, 6) is -1.64. The summed E-state index contributed by atoms with van der Waals surface area (Å²) in [6, 6.07) is 4.17. The smallest absolute Gasteiger partial charge is 0.220 e. The number of rotatable bonds is 6. The summed E-state index contributed by atoms with van der Waals surface area (Å²) in [6.45, 7) is 1.89. The molecule has 0 aliphatic rings. The van der Waals surface area contributed by atoms with Gasteiger partial charge in [0.05, 0.1) is 5.02 Å². The molecule has 0 saturated carbocycles. The van der Waals surface area contributed by atoms with Gasteiger partial charge in [-0.05, 0) is 24.6 Å². The van der Waals surface area contributed by atoms with Crippen molar-refractivity contribution in [3.63, 3.8) is 0 Å². The van der Waals surface area contributed by atoms with Gasteiger partial charge in [-0.25, -0.2) is 4.39 Å². The van der Waals surface area contributed by atoms with Crippen molar-refractivity contribution in [1.29, 1.82) is 0 Å². The van der Waals surface area contributed by atoms with Crippen LogP contribution in [0.4, 0.5) is 4.39 Å². The van der Waals surface area contributed by atoms with Gasteiger partial charge in [0, 0.05) is 17.0 Å². The van der Waals surface area contributed by atoms with Crippen molar-refractivity contribution in [2.75, 3.05) is 0 Å². The Balaban J connectivity index is 2.86. The molecule has 5 heteroatoms. The molecule has 1 unspecified atom stereocenters. The molecule has 98 valence electrons. The van der Waals surface area contributed by atoms with Crippen LogP contribution in [-0.4, -0.2) is 17.7 Å². The summed E-state index contributed by atoms with van der Waals surface area (Å²) in [6.07, 6.45) is -0.769. The minimum absolute atomic E-state index is 0.0542. The monoisotopic (exact) mass is 290 g/mol. The van der Waals surface area contributed by atoms with Crippen LogP contribution >= 0.6 is 23.2 Å². The van der Waals surface area contributed by atoms with Crippen LogP contribution in [0.25, 0.3) is 0 Å². The lowest BCUT2D eigenvalue weighted by Gasteiger charge is -2.08. The number of Topliss-reactive ketones (excluding diaryl/α,β-unsaturated/α-hetero) is 2. The Morgan fingerprint density at radius 2 is 2.00 bits per heavy atom. The average molecular weight is 291 g/mol. The summed E-state index contributed by atoms with van der Waals surface area (Å²) < 4.78 is 13.7. The second-order valence-electron chi connectivity index (χ2n) is 3.92. The topological polar surface area (TPSA) is 34.1 Å². The quantitative estimate of drug-likeness (QED) is 0.579. The number of carbonyl (C=O) groups is 2. The van der Waals surface area contributed by atoms with Gasteiger partial charge in [0.2, 0.25) is 12.0 Å². The standard InChI is InChI=1S/C13H13Cl2FO2/c1-2-3-4-11(17)12(16)13(18)9-7-8(14)5-6-10(9)15/h5-7,12H,2-4H2,1H3. The summed E-state index contributed by atoms with van der Waals surface area (Å²) >= 11 is 11.5. The predicted molar refractivity (Wildman–Crippen MR) is 70.2 cm³/mol. The van der Waals surface area contributed by atoms with E-state index in [1.165, 1.54) is 18.2 Å². The molecule has 2 nitrogen and oxygen atoms in total. The fourth-order valence-electron chi connectivity index (χ4n) is 1.45. The van der Waals surface area contributed by atoms with E-state index in [2.05, 4.69) is 0 Å². The van der Waals surface area contributed by atoms with Gasteiger partial charge in [0.15, 0.2) is 5.78 Å². The summed E-state index contributed by atoms with van der Waals surface area (Å²) in [7, 11) is 0. The lowest BCUT2D eigenvalue weighted by molar-refractivity contribution is -0.122. The predicted octanol–water partition coefficient (Wildman–Crippen LogP) is 4.27. The minimum atomic E-state index is -2.16. The van der Waals surface area contributed by atoms with Crippen molar-refractivity contribution >= 4 is 34.8 Å². The van der Waals surface area contributed by atoms with Crippen molar-refractivity contribution in [3.05, 3.63) is 33.8 Å². The molecule has 1 rings (SSSR count). The van der Waals surface area contributed by atoms with Gasteiger partial charge >= 0.3 is 0 Å². The Kier molecular flexibility index (Phi) is 5.76. The molecular formula is C13H13Cl2FO2. The van der Waals surface area contributed by atoms with E-state index >= 15 is 0 Å². The van der Waals surface area contributed by atoms with Crippen LogP contribution < -0.4 is 0 Å². The highest BCUT2D eigenvalue weighted by Crippen LogP contribution is 2.23. The molecule has 0 N–H and O–H groups in total.